The third-order valence-electron chi connectivity index (χ3n) is 3.83. The predicted octanol–water partition coefficient (Wildman–Crippen LogP) is 2.74. The first kappa shape index (κ1) is 15.7. The van der Waals surface area contributed by atoms with Crippen molar-refractivity contribution in [1.29, 1.82) is 0 Å². The maximum absolute atomic E-state index is 12.5. The fourth-order valence-corrected chi connectivity index (χ4v) is 2.80. The lowest BCUT2D eigenvalue weighted by Gasteiger charge is -2.32. The van der Waals surface area contributed by atoms with E-state index < -0.39 is 0 Å². The van der Waals surface area contributed by atoms with Crippen molar-refractivity contribution in [2.45, 2.75) is 25.4 Å². The summed E-state index contributed by atoms with van der Waals surface area (Å²) in [5.74, 6) is 0.615. The zero-order chi connectivity index (χ0) is 16.1. The number of piperidine rings is 1. The Kier molecular flexibility index (Phi) is 5.08. The van der Waals surface area contributed by atoms with Gasteiger partial charge in [-0.25, -0.2) is 0 Å². The Hall–Kier alpha value is -2.14. The zero-order valence-electron chi connectivity index (χ0n) is 12.7. The molecule has 1 aromatic carbocycles. The number of benzene rings is 1. The molecule has 1 aliphatic heterocycles. The average molecular weight is 332 g/mol. The highest BCUT2D eigenvalue weighted by atomic mass is 35.5. The number of hydrogen-bond donors (Lipinski definition) is 0. The third kappa shape index (κ3) is 4.42. The Morgan fingerprint density at radius 1 is 1.30 bits per heavy atom. The lowest BCUT2D eigenvalue weighted by atomic mass is 10.1. The minimum absolute atomic E-state index is 0.0328. The highest BCUT2D eigenvalue weighted by molar-refractivity contribution is 6.30. The van der Waals surface area contributed by atoms with E-state index in [0.29, 0.717) is 23.9 Å². The fraction of sp³-hybridized carbons (Fsp3) is 0.353. The molecule has 0 spiro atoms. The largest absolute Gasteiger partial charge is 0.471 e. The first-order chi connectivity index (χ1) is 11.2. The Morgan fingerprint density at radius 2 is 2.13 bits per heavy atom. The van der Waals surface area contributed by atoms with Crippen LogP contribution in [0, 0.1) is 0 Å². The summed E-state index contributed by atoms with van der Waals surface area (Å²) >= 11 is 5.87. The van der Waals surface area contributed by atoms with Crippen molar-refractivity contribution in [2.24, 2.45) is 0 Å². The van der Waals surface area contributed by atoms with Crippen molar-refractivity contribution in [1.82, 2.24) is 15.1 Å². The number of halogens is 1. The van der Waals surface area contributed by atoms with E-state index in [9.17, 15) is 4.79 Å². The smallest absolute Gasteiger partial charge is 0.233 e. The van der Waals surface area contributed by atoms with E-state index in [1.54, 1.807) is 30.5 Å². The molecule has 120 valence electrons. The lowest BCUT2D eigenvalue weighted by Crippen LogP contribution is -2.45. The van der Waals surface area contributed by atoms with Crippen LogP contribution in [0.25, 0.3) is 0 Å². The van der Waals surface area contributed by atoms with Gasteiger partial charge in [0, 0.05) is 23.8 Å². The molecule has 0 aliphatic carbocycles. The monoisotopic (exact) mass is 331 g/mol. The molecular weight excluding hydrogens is 314 g/mol. The summed E-state index contributed by atoms with van der Waals surface area (Å²) in [6.45, 7) is 1.36. The number of carbonyl (C=O) groups excluding carboxylic acids is 1. The second kappa shape index (κ2) is 7.42. The second-order valence-corrected chi connectivity index (χ2v) is 6.02. The third-order valence-corrected chi connectivity index (χ3v) is 4.09. The molecule has 3 rings (SSSR count). The number of ether oxygens (including phenoxy) is 1. The average Bonchev–Trinajstić information content (AvgIpc) is 2.58. The minimum atomic E-state index is -0.0328. The van der Waals surface area contributed by atoms with Gasteiger partial charge in [-0.1, -0.05) is 23.7 Å². The molecule has 5 nitrogen and oxygen atoms in total. The van der Waals surface area contributed by atoms with Gasteiger partial charge >= 0.3 is 0 Å². The quantitative estimate of drug-likeness (QED) is 0.864. The molecule has 1 amide bonds. The normalized spacial score (nSPS) is 17.8. The topological polar surface area (TPSA) is 55.3 Å². The summed E-state index contributed by atoms with van der Waals surface area (Å²) in [7, 11) is 0. The van der Waals surface area contributed by atoms with E-state index in [1.807, 2.05) is 17.0 Å². The number of nitrogens with zero attached hydrogens (tertiary/aromatic N) is 3. The van der Waals surface area contributed by atoms with Crippen LogP contribution in [0.15, 0.2) is 42.6 Å². The molecule has 1 fully saturated rings. The fourth-order valence-electron chi connectivity index (χ4n) is 2.67. The molecule has 0 N–H and O–H groups in total. The molecule has 2 aromatic rings. The highest BCUT2D eigenvalue weighted by Crippen LogP contribution is 2.17. The molecule has 6 heteroatoms. The van der Waals surface area contributed by atoms with Gasteiger partial charge in [-0.15, -0.1) is 5.10 Å². The van der Waals surface area contributed by atoms with Gasteiger partial charge in [0.1, 0.15) is 6.10 Å². The number of aromatic nitrogens is 2. The summed E-state index contributed by atoms with van der Waals surface area (Å²) in [5.41, 5.74) is 0.969. The van der Waals surface area contributed by atoms with Crippen LogP contribution in [0.3, 0.4) is 0 Å². The Balaban J connectivity index is 1.57. The van der Waals surface area contributed by atoms with E-state index in [4.69, 9.17) is 16.3 Å². The SMILES string of the molecule is O=C(Cc1ccc(Cl)cc1)N1CCCC(Oc2cccnn2)C1. The second-order valence-electron chi connectivity index (χ2n) is 5.59. The van der Waals surface area contributed by atoms with Crippen LogP contribution >= 0.6 is 11.6 Å². The maximum atomic E-state index is 12.5. The number of hydrogen-bond acceptors (Lipinski definition) is 4. The minimum Gasteiger partial charge on any atom is -0.471 e. The number of amides is 1. The number of rotatable bonds is 4. The molecule has 0 bridgehead atoms. The number of likely N-dealkylation sites (tertiary alicyclic amines) is 1. The predicted molar refractivity (Wildman–Crippen MR) is 87.4 cm³/mol. The molecule has 0 saturated carbocycles. The Morgan fingerprint density at radius 3 is 2.87 bits per heavy atom. The van der Waals surface area contributed by atoms with E-state index in [-0.39, 0.29) is 12.0 Å². The van der Waals surface area contributed by atoms with Gasteiger partial charge in [0.25, 0.3) is 0 Å². The Bertz CT molecular complexity index is 649. The molecule has 1 atom stereocenters. The van der Waals surface area contributed by atoms with E-state index in [0.717, 1.165) is 24.9 Å². The van der Waals surface area contributed by atoms with Crippen molar-refractivity contribution in [3.63, 3.8) is 0 Å². The zero-order valence-corrected chi connectivity index (χ0v) is 13.4. The Labute approximate surface area is 140 Å². The molecule has 1 unspecified atom stereocenters. The van der Waals surface area contributed by atoms with E-state index >= 15 is 0 Å². The van der Waals surface area contributed by atoms with Gasteiger partial charge in [0.2, 0.25) is 11.8 Å². The maximum Gasteiger partial charge on any atom is 0.233 e. The van der Waals surface area contributed by atoms with Gasteiger partial charge in [-0.05, 0) is 36.6 Å². The van der Waals surface area contributed by atoms with Crippen molar-refractivity contribution in [2.75, 3.05) is 13.1 Å². The van der Waals surface area contributed by atoms with Crippen LogP contribution in [0.5, 0.6) is 5.88 Å². The van der Waals surface area contributed by atoms with Gasteiger partial charge in [-0.3, -0.25) is 4.79 Å². The van der Waals surface area contributed by atoms with E-state index in [1.165, 1.54) is 0 Å². The van der Waals surface area contributed by atoms with Crippen LogP contribution in [0.1, 0.15) is 18.4 Å². The molecule has 1 aliphatic rings. The van der Waals surface area contributed by atoms with Gasteiger partial charge in [0.05, 0.1) is 13.0 Å². The van der Waals surface area contributed by atoms with Crippen LogP contribution in [0.4, 0.5) is 0 Å². The molecule has 1 saturated heterocycles. The van der Waals surface area contributed by atoms with Crippen LogP contribution < -0.4 is 4.74 Å². The summed E-state index contributed by atoms with van der Waals surface area (Å²) < 4.78 is 5.82. The van der Waals surface area contributed by atoms with Crippen LogP contribution in [-0.2, 0) is 11.2 Å². The molecule has 1 aromatic heterocycles. The van der Waals surface area contributed by atoms with Crippen LogP contribution in [0.2, 0.25) is 5.02 Å². The molecule has 2 heterocycles. The molecular formula is C17H18ClN3O2. The summed E-state index contributed by atoms with van der Waals surface area (Å²) in [5, 5.41) is 8.41. The standard InChI is InChI=1S/C17H18ClN3O2/c18-14-7-5-13(6-8-14)11-17(22)21-10-2-3-15(12-21)23-16-4-1-9-19-20-16/h1,4-9,15H,2-3,10-12H2. The molecule has 23 heavy (non-hydrogen) atoms. The van der Waals surface area contributed by atoms with Gasteiger partial charge in [-0.2, -0.15) is 5.10 Å². The number of carbonyl (C=O) groups is 1. The highest BCUT2D eigenvalue weighted by Gasteiger charge is 2.25. The van der Waals surface area contributed by atoms with Gasteiger partial charge < -0.3 is 9.64 Å². The first-order valence-corrected chi connectivity index (χ1v) is 8.05. The lowest BCUT2D eigenvalue weighted by molar-refractivity contribution is -0.133. The summed E-state index contributed by atoms with van der Waals surface area (Å²) in [6.07, 6.45) is 3.80. The first-order valence-electron chi connectivity index (χ1n) is 7.67. The van der Waals surface area contributed by atoms with Crippen molar-refractivity contribution >= 4 is 17.5 Å². The van der Waals surface area contributed by atoms with Crippen molar-refractivity contribution in [3.8, 4) is 5.88 Å². The summed E-state index contributed by atoms with van der Waals surface area (Å²) in [4.78, 5) is 14.3. The van der Waals surface area contributed by atoms with Gasteiger partial charge in [0.15, 0.2) is 0 Å². The molecule has 0 radical (unpaired) electrons. The van der Waals surface area contributed by atoms with Crippen LogP contribution in [-0.4, -0.2) is 40.2 Å². The summed E-state index contributed by atoms with van der Waals surface area (Å²) in [6, 6.07) is 11.0. The van der Waals surface area contributed by atoms with E-state index in [2.05, 4.69) is 10.2 Å². The van der Waals surface area contributed by atoms with Crippen molar-refractivity contribution < 1.29 is 9.53 Å². The van der Waals surface area contributed by atoms with Crippen molar-refractivity contribution in [3.05, 3.63) is 53.2 Å².